The molecular weight excluding hydrogens is 555 g/mol. The largest absolute Gasteiger partial charge is 0.459 e. The van der Waals surface area contributed by atoms with Crippen molar-refractivity contribution < 1.29 is 42.5 Å². The van der Waals surface area contributed by atoms with Crippen LogP contribution in [-0.2, 0) is 39.9 Å². The Labute approximate surface area is 230 Å². The highest BCUT2D eigenvalue weighted by Gasteiger charge is 2.40. The summed E-state index contributed by atoms with van der Waals surface area (Å²) in [5.41, 5.74) is 6.01. The van der Waals surface area contributed by atoms with E-state index in [9.17, 15) is 23.6 Å². The third-order valence-electron chi connectivity index (χ3n) is 5.26. The lowest BCUT2D eigenvalue weighted by Crippen LogP contribution is -2.38. The number of nitrogens with zero attached hydrogens (tertiary/aromatic N) is 1. The number of rotatable bonds is 10. The molecule has 0 radical (unpaired) electrons. The van der Waals surface area contributed by atoms with E-state index in [0.717, 1.165) is 17.7 Å². The van der Waals surface area contributed by atoms with E-state index in [4.69, 9.17) is 36.3 Å². The van der Waals surface area contributed by atoms with Crippen LogP contribution in [0.4, 0.5) is 14.9 Å². The van der Waals surface area contributed by atoms with Crippen molar-refractivity contribution in [2.45, 2.75) is 6.61 Å². The van der Waals surface area contributed by atoms with Crippen molar-refractivity contribution in [1.29, 1.82) is 0 Å². The lowest BCUT2D eigenvalue weighted by atomic mass is 10.0. The Morgan fingerprint density at radius 3 is 2.36 bits per heavy atom. The number of ether oxygens (including phenoxy) is 4. The highest BCUT2D eigenvalue weighted by atomic mass is 35.5. The molecular formula is C26H20ClFN2O8S. The van der Waals surface area contributed by atoms with Gasteiger partial charge in [-0.2, -0.15) is 0 Å². The van der Waals surface area contributed by atoms with Gasteiger partial charge in [-0.1, -0.05) is 48.0 Å². The number of fused-ring (bicyclic) bond motifs is 1. The predicted octanol–water partition coefficient (Wildman–Crippen LogP) is 4.11. The summed E-state index contributed by atoms with van der Waals surface area (Å²) in [5.74, 6) is -3.30. The average Bonchev–Trinajstić information content (AvgIpc) is 3.53. The number of benzene rings is 2. The van der Waals surface area contributed by atoms with Gasteiger partial charge in [0.15, 0.2) is 5.76 Å². The zero-order valence-corrected chi connectivity index (χ0v) is 21.6. The second kappa shape index (κ2) is 12.5. The maximum absolute atomic E-state index is 14.3. The zero-order chi connectivity index (χ0) is 27.9. The number of thiophene rings is 1. The Hall–Kier alpha value is -4.26. The highest BCUT2D eigenvalue weighted by Crippen LogP contribution is 2.43. The minimum absolute atomic E-state index is 0.0175. The summed E-state index contributed by atoms with van der Waals surface area (Å²) in [6.45, 7) is -1.65. The molecule has 2 aromatic carbocycles. The van der Waals surface area contributed by atoms with E-state index < -0.39 is 49.7 Å². The second-order valence-corrected chi connectivity index (χ2v) is 9.22. The summed E-state index contributed by atoms with van der Waals surface area (Å²) in [6, 6.07) is 13.3. The standard InChI is InChI=1S/C26H20ClFN2O8S/c27-17-10-19-16(9-18(17)28)23(25(33)30(19)26(29)34)24(20-7-4-8-39-20)38-14-37-22(32)13-35-12-21(31)36-11-15-5-2-1-3-6-15/h1-10H,11-14H2,(H2,29,34). The van der Waals surface area contributed by atoms with E-state index in [1.54, 1.807) is 41.8 Å². The van der Waals surface area contributed by atoms with Gasteiger partial charge in [-0.15, -0.1) is 11.3 Å². The normalized spacial score (nSPS) is 13.6. The molecule has 0 atom stereocenters. The topological polar surface area (TPSA) is 134 Å². The van der Waals surface area contributed by atoms with Gasteiger partial charge in [0.1, 0.15) is 25.6 Å². The van der Waals surface area contributed by atoms with Crippen LogP contribution in [0.1, 0.15) is 16.0 Å². The Bertz CT molecular complexity index is 1430. The van der Waals surface area contributed by atoms with Crippen LogP contribution in [0.15, 0.2) is 60.0 Å². The molecule has 4 rings (SSSR count). The van der Waals surface area contributed by atoms with Crippen molar-refractivity contribution in [1.82, 2.24) is 0 Å². The lowest BCUT2D eigenvalue weighted by Gasteiger charge is -2.13. The Morgan fingerprint density at radius 2 is 1.69 bits per heavy atom. The third-order valence-corrected chi connectivity index (χ3v) is 6.42. The number of esters is 2. The maximum atomic E-state index is 14.3. The molecule has 1 aromatic heterocycles. The molecule has 0 fully saturated rings. The molecule has 1 aliphatic rings. The number of carbonyl (C=O) groups excluding carboxylic acids is 4. The molecule has 10 nitrogen and oxygen atoms in total. The fourth-order valence-electron chi connectivity index (χ4n) is 3.56. The van der Waals surface area contributed by atoms with Crippen LogP contribution >= 0.6 is 22.9 Å². The Balaban J connectivity index is 1.40. The number of amides is 3. The van der Waals surface area contributed by atoms with Gasteiger partial charge in [-0.25, -0.2) is 23.7 Å². The van der Waals surface area contributed by atoms with Crippen LogP contribution in [-0.4, -0.2) is 43.9 Å². The zero-order valence-electron chi connectivity index (χ0n) is 20.1. The van der Waals surface area contributed by atoms with Crippen LogP contribution in [0.2, 0.25) is 5.02 Å². The van der Waals surface area contributed by atoms with Gasteiger partial charge in [0.2, 0.25) is 6.79 Å². The van der Waals surface area contributed by atoms with Crippen LogP contribution in [0.25, 0.3) is 11.3 Å². The summed E-state index contributed by atoms with van der Waals surface area (Å²) in [6.07, 6.45) is 0. The van der Waals surface area contributed by atoms with Gasteiger partial charge in [0, 0.05) is 5.56 Å². The molecule has 39 heavy (non-hydrogen) atoms. The van der Waals surface area contributed by atoms with E-state index >= 15 is 0 Å². The monoisotopic (exact) mass is 574 g/mol. The quantitative estimate of drug-likeness (QED) is 0.165. The van der Waals surface area contributed by atoms with Crippen molar-refractivity contribution in [2.24, 2.45) is 5.73 Å². The van der Waals surface area contributed by atoms with E-state index in [1.807, 2.05) is 6.07 Å². The molecule has 13 heteroatoms. The number of hydrogen-bond donors (Lipinski definition) is 1. The van der Waals surface area contributed by atoms with E-state index in [2.05, 4.69) is 0 Å². The van der Waals surface area contributed by atoms with Crippen LogP contribution in [0.3, 0.4) is 0 Å². The summed E-state index contributed by atoms with van der Waals surface area (Å²) in [5, 5.41) is 1.38. The molecule has 3 aromatic rings. The molecule has 0 spiro atoms. The van der Waals surface area contributed by atoms with Gasteiger partial charge < -0.3 is 24.7 Å². The first-order valence-electron chi connectivity index (χ1n) is 11.2. The van der Waals surface area contributed by atoms with Crippen molar-refractivity contribution in [3.8, 4) is 0 Å². The number of nitrogens with two attached hydrogens (primary N) is 1. The summed E-state index contributed by atoms with van der Waals surface area (Å²) < 4.78 is 35.0. The number of carbonyl (C=O) groups is 4. The molecule has 0 saturated carbocycles. The molecule has 1 aliphatic heterocycles. The summed E-state index contributed by atoms with van der Waals surface area (Å²) >= 11 is 7.04. The lowest BCUT2D eigenvalue weighted by molar-refractivity contribution is -0.160. The van der Waals surface area contributed by atoms with Gasteiger partial charge in [0.05, 0.1) is 21.2 Å². The molecule has 0 aliphatic carbocycles. The van der Waals surface area contributed by atoms with E-state index in [-0.39, 0.29) is 34.2 Å². The van der Waals surface area contributed by atoms with Crippen LogP contribution < -0.4 is 10.6 Å². The third kappa shape index (κ3) is 6.60. The minimum atomic E-state index is -1.10. The number of halogens is 2. The summed E-state index contributed by atoms with van der Waals surface area (Å²) in [7, 11) is 0. The number of anilines is 1. The van der Waals surface area contributed by atoms with E-state index in [0.29, 0.717) is 9.78 Å². The molecule has 3 amide bonds. The first-order valence-corrected chi connectivity index (χ1v) is 12.5. The first-order chi connectivity index (χ1) is 18.8. The number of primary amides is 1. The Kier molecular flexibility index (Phi) is 8.92. The molecule has 0 saturated heterocycles. The highest BCUT2D eigenvalue weighted by molar-refractivity contribution is 7.11. The molecule has 2 N–H and O–H groups in total. The van der Waals surface area contributed by atoms with Crippen LogP contribution in [0, 0.1) is 5.82 Å². The fourth-order valence-corrected chi connectivity index (χ4v) is 4.45. The Morgan fingerprint density at radius 1 is 0.974 bits per heavy atom. The summed E-state index contributed by atoms with van der Waals surface area (Å²) in [4.78, 5) is 50.1. The van der Waals surface area contributed by atoms with Crippen molar-refractivity contribution in [3.63, 3.8) is 0 Å². The molecule has 0 unspecified atom stereocenters. The number of urea groups is 1. The van der Waals surface area contributed by atoms with Crippen molar-refractivity contribution >= 4 is 63.8 Å². The SMILES string of the molecule is NC(=O)N1C(=O)C(=C(OCOC(=O)COCC(=O)OCc2ccccc2)c2cccs2)c2cc(F)c(Cl)cc21. The second-order valence-electron chi connectivity index (χ2n) is 7.86. The maximum Gasteiger partial charge on any atom is 0.334 e. The van der Waals surface area contributed by atoms with Gasteiger partial charge in [-0.05, 0) is 29.1 Å². The average molecular weight is 575 g/mol. The van der Waals surface area contributed by atoms with Gasteiger partial charge in [-0.3, -0.25) is 4.79 Å². The number of imide groups is 1. The van der Waals surface area contributed by atoms with Gasteiger partial charge in [0.25, 0.3) is 5.91 Å². The smallest absolute Gasteiger partial charge is 0.334 e. The number of hydrogen-bond acceptors (Lipinski definition) is 9. The predicted molar refractivity (Wildman–Crippen MR) is 139 cm³/mol. The molecule has 202 valence electrons. The van der Waals surface area contributed by atoms with Crippen molar-refractivity contribution in [3.05, 3.63) is 86.8 Å². The van der Waals surface area contributed by atoms with Crippen LogP contribution in [0.5, 0.6) is 0 Å². The van der Waals surface area contributed by atoms with E-state index in [1.165, 1.54) is 11.3 Å². The fraction of sp³-hybridized carbons (Fsp3) is 0.154. The molecule has 2 heterocycles. The first kappa shape index (κ1) is 27.8. The van der Waals surface area contributed by atoms with Crippen molar-refractivity contribution in [2.75, 3.05) is 24.9 Å². The van der Waals surface area contributed by atoms with Gasteiger partial charge >= 0.3 is 18.0 Å². The minimum Gasteiger partial charge on any atom is -0.459 e. The molecule has 0 bridgehead atoms.